The van der Waals surface area contributed by atoms with Crippen LogP contribution in [0, 0.1) is 0 Å². The van der Waals surface area contributed by atoms with Crippen LogP contribution in [0.5, 0.6) is 5.75 Å². The number of rotatable bonds is 11. The lowest BCUT2D eigenvalue weighted by molar-refractivity contribution is -0.142. The molecule has 7 nitrogen and oxygen atoms in total. The molecule has 39 heavy (non-hydrogen) atoms. The summed E-state index contributed by atoms with van der Waals surface area (Å²) in [7, 11) is 0. The first kappa shape index (κ1) is 30.5. The lowest BCUT2D eigenvalue weighted by Crippen LogP contribution is -2.26. The summed E-state index contributed by atoms with van der Waals surface area (Å²) in [5, 5.41) is 20.4. The molecule has 1 amide bonds. The minimum Gasteiger partial charge on any atom is -0.489 e. The zero-order valence-electron chi connectivity index (χ0n) is 22.2. The second kappa shape index (κ2) is 12.0. The number of imidazole rings is 1. The molecular formula is C28H33ClF3N3O4. The maximum absolute atomic E-state index is 13.1. The van der Waals surface area contributed by atoms with E-state index in [1.165, 1.54) is 20.0 Å². The molecule has 212 valence electrons. The number of benzene rings is 2. The molecule has 1 unspecified atom stereocenters. The largest absolute Gasteiger partial charge is 0.489 e. The van der Waals surface area contributed by atoms with Gasteiger partial charge in [0.05, 0.1) is 16.8 Å². The second-order valence-electron chi connectivity index (χ2n) is 10.2. The number of nitrogens with zero attached hydrogens (tertiary/aromatic N) is 2. The van der Waals surface area contributed by atoms with Crippen LogP contribution in [-0.2, 0) is 18.6 Å². The number of hydrogen-bond donors (Lipinski definition) is 3. The van der Waals surface area contributed by atoms with Crippen molar-refractivity contribution in [2.45, 2.75) is 70.9 Å². The van der Waals surface area contributed by atoms with E-state index in [-0.39, 0.29) is 40.7 Å². The van der Waals surface area contributed by atoms with E-state index < -0.39 is 24.2 Å². The Hall–Kier alpha value is -3.08. The van der Waals surface area contributed by atoms with Gasteiger partial charge in [-0.15, -0.1) is 0 Å². The molecule has 2 aromatic carbocycles. The van der Waals surface area contributed by atoms with E-state index in [4.69, 9.17) is 22.1 Å². The van der Waals surface area contributed by atoms with E-state index in [1.807, 2.05) is 13.8 Å². The molecule has 1 aromatic heterocycles. The fourth-order valence-corrected chi connectivity index (χ4v) is 4.85. The number of amides is 1. The fraction of sp³-hybridized carbons (Fsp3) is 0.429. The molecule has 11 heteroatoms. The van der Waals surface area contributed by atoms with Gasteiger partial charge >= 0.3 is 6.18 Å². The van der Waals surface area contributed by atoms with Crippen molar-refractivity contribution in [1.29, 1.82) is 0 Å². The van der Waals surface area contributed by atoms with E-state index in [2.05, 4.69) is 4.98 Å². The smallest absolute Gasteiger partial charge is 0.406 e. The Morgan fingerprint density at radius 2 is 1.79 bits per heavy atom. The Morgan fingerprint density at radius 1 is 1.15 bits per heavy atom. The highest BCUT2D eigenvalue weighted by molar-refractivity contribution is 6.33. The van der Waals surface area contributed by atoms with Crippen molar-refractivity contribution in [3.8, 4) is 17.0 Å². The number of nitrogens with two attached hydrogens (primary N) is 1. The normalized spacial score (nSPS) is 13.1. The summed E-state index contributed by atoms with van der Waals surface area (Å²) in [5.41, 5.74) is 6.45. The highest BCUT2D eigenvalue weighted by atomic mass is 35.5. The SMILES string of the molecule is CC(C)Oc1ccc(C(N)=O)c(C(CCO)Cc2ccc(-c3cn(CC(F)(F)F)c(C(C)(C)O)n3)cc2)c1Cl. The number of ether oxygens (including phenoxy) is 1. The Morgan fingerprint density at radius 3 is 2.31 bits per heavy atom. The van der Waals surface area contributed by atoms with Crippen LogP contribution in [0.15, 0.2) is 42.6 Å². The van der Waals surface area contributed by atoms with E-state index >= 15 is 0 Å². The quantitative estimate of drug-likeness (QED) is 0.280. The molecular weight excluding hydrogens is 535 g/mol. The van der Waals surface area contributed by atoms with E-state index in [1.54, 1.807) is 36.4 Å². The average Bonchev–Trinajstić information content (AvgIpc) is 3.23. The number of aromatic nitrogens is 2. The molecule has 0 aliphatic heterocycles. The average molecular weight is 568 g/mol. The zero-order chi connectivity index (χ0) is 29.1. The van der Waals surface area contributed by atoms with Crippen LogP contribution >= 0.6 is 11.6 Å². The number of aliphatic hydroxyl groups is 2. The van der Waals surface area contributed by atoms with Gasteiger partial charge in [-0.3, -0.25) is 4.79 Å². The fourth-order valence-electron chi connectivity index (χ4n) is 4.49. The van der Waals surface area contributed by atoms with Crippen molar-refractivity contribution < 1.29 is 32.9 Å². The minimum absolute atomic E-state index is 0.0981. The third-order valence-corrected chi connectivity index (χ3v) is 6.45. The van der Waals surface area contributed by atoms with Gasteiger partial charge < -0.3 is 25.3 Å². The number of carbonyl (C=O) groups excluding carboxylic acids is 1. The molecule has 0 aliphatic rings. The lowest BCUT2D eigenvalue weighted by atomic mass is 9.86. The number of alkyl halides is 3. The molecule has 3 rings (SSSR count). The maximum atomic E-state index is 13.1. The van der Waals surface area contributed by atoms with Gasteiger partial charge in [-0.2, -0.15) is 13.2 Å². The standard InChI is InChI=1S/C28H33ClF3N3O4/c1-16(2)39-22-10-9-20(25(33)37)23(24(22)29)19(11-12-36)13-17-5-7-18(8-6-17)21-14-35(15-28(30,31)32)26(34-21)27(3,4)38/h5-10,14,16,19,36,38H,11-13,15H2,1-4H3,(H2,33,37). The molecule has 3 aromatic rings. The molecule has 0 saturated heterocycles. The van der Waals surface area contributed by atoms with Crippen molar-refractivity contribution in [2.75, 3.05) is 6.61 Å². The number of halogens is 4. The maximum Gasteiger partial charge on any atom is 0.406 e. The lowest BCUT2D eigenvalue weighted by Gasteiger charge is -2.23. The highest BCUT2D eigenvalue weighted by Crippen LogP contribution is 2.39. The van der Waals surface area contributed by atoms with Gasteiger partial charge in [0.1, 0.15) is 23.7 Å². The Labute approximate surface area is 230 Å². The Kier molecular flexibility index (Phi) is 9.35. The van der Waals surface area contributed by atoms with Crippen molar-refractivity contribution in [2.24, 2.45) is 5.73 Å². The summed E-state index contributed by atoms with van der Waals surface area (Å²) in [5.74, 6) is -0.723. The molecule has 0 fully saturated rings. The summed E-state index contributed by atoms with van der Waals surface area (Å²) < 4.78 is 46.0. The van der Waals surface area contributed by atoms with Gasteiger partial charge in [-0.1, -0.05) is 35.9 Å². The van der Waals surface area contributed by atoms with Crippen LogP contribution in [-0.4, -0.2) is 44.6 Å². The summed E-state index contributed by atoms with van der Waals surface area (Å²) in [6.07, 6.45) is -2.68. The van der Waals surface area contributed by atoms with Crippen LogP contribution in [0.3, 0.4) is 0 Å². The summed E-state index contributed by atoms with van der Waals surface area (Å²) in [6.45, 7) is 5.01. The van der Waals surface area contributed by atoms with Crippen molar-refractivity contribution in [1.82, 2.24) is 9.55 Å². The number of hydrogen-bond acceptors (Lipinski definition) is 5. The van der Waals surface area contributed by atoms with Crippen LogP contribution in [0.1, 0.15) is 67.3 Å². The van der Waals surface area contributed by atoms with Crippen molar-refractivity contribution >= 4 is 17.5 Å². The van der Waals surface area contributed by atoms with Crippen LogP contribution in [0.4, 0.5) is 13.2 Å². The first-order valence-electron chi connectivity index (χ1n) is 12.5. The van der Waals surface area contributed by atoms with E-state index in [9.17, 15) is 28.2 Å². The summed E-state index contributed by atoms with van der Waals surface area (Å²) >= 11 is 6.68. The van der Waals surface area contributed by atoms with Gasteiger partial charge in [-0.05, 0) is 69.7 Å². The topological polar surface area (TPSA) is 111 Å². The molecule has 1 heterocycles. The molecule has 0 aliphatic carbocycles. The Balaban J connectivity index is 1.96. The first-order valence-corrected chi connectivity index (χ1v) is 12.8. The van der Waals surface area contributed by atoms with Gasteiger partial charge in [0.15, 0.2) is 0 Å². The Bertz CT molecular complexity index is 1300. The van der Waals surface area contributed by atoms with Gasteiger partial charge in [0.25, 0.3) is 0 Å². The third kappa shape index (κ3) is 7.74. The summed E-state index contributed by atoms with van der Waals surface area (Å²) in [4.78, 5) is 16.5. The number of primary amides is 1. The minimum atomic E-state index is -4.48. The molecule has 0 bridgehead atoms. The van der Waals surface area contributed by atoms with E-state index in [0.717, 1.165) is 10.1 Å². The van der Waals surface area contributed by atoms with Crippen molar-refractivity contribution in [3.63, 3.8) is 0 Å². The summed E-state index contributed by atoms with van der Waals surface area (Å²) in [6, 6.07) is 10.2. The van der Waals surface area contributed by atoms with Gasteiger partial charge in [-0.25, -0.2) is 4.98 Å². The first-order chi connectivity index (χ1) is 18.1. The third-order valence-electron chi connectivity index (χ3n) is 6.06. The number of aliphatic hydroxyl groups excluding tert-OH is 1. The second-order valence-corrected chi connectivity index (χ2v) is 10.6. The monoisotopic (exact) mass is 567 g/mol. The van der Waals surface area contributed by atoms with Crippen LogP contribution in [0.2, 0.25) is 5.02 Å². The number of carbonyl (C=O) groups is 1. The predicted octanol–water partition coefficient (Wildman–Crippen LogP) is 5.59. The van der Waals surface area contributed by atoms with Crippen LogP contribution in [0.25, 0.3) is 11.3 Å². The zero-order valence-corrected chi connectivity index (χ0v) is 23.0. The van der Waals surface area contributed by atoms with Gasteiger partial charge in [0, 0.05) is 23.9 Å². The molecule has 0 saturated carbocycles. The van der Waals surface area contributed by atoms with Crippen LogP contribution < -0.4 is 10.5 Å². The highest BCUT2D eigenvalue weighted by Gasteiger charge is 2.33. The predicted molar refractivity (Wildman–Crippen MR) is 143 cm³/mol. The van der Waals surface area contributed by atoms with Gasteiger partial charge in [0.2, 0.25) is 5.91 Å². The molecule has 0 radical (unpaired) electrons. The molecule has 4 N–H and O–H groups in total. The molecule has 0 spiro atoms. The van der Waals surface area contributed by atoms with Crippen molar-refractivity contribution in [3.05, 3.63) is 70.1 Å². The van der Waals surface area contributed by atoms with E-state index in [0.29, 0.717) is 29.7 Å². The molecule has 1 atom stereocenters.